The summed E-state index contributed by atoms with van der Waals surface area (Å²) in [7, 11) is 0. The molecule has 14 heavy (non-hydrogen) atoms. The normalized spacial score (nSPS) is 12.7. The average molecular weight is 218 g/mol. The summed E-state index contributed by atoms with van der Waals surface area (Å²) in [6.07, 6.45) is 0.979. The topological polar surface area (TPSA) is 39.2 Å². The van der Waals surface area contributed by atoms with Gasteiger partial charge in [-0.1, -0.05) is 13.8 Å². The van der Waals surface area contributed by atoms with Crippen LogP contribution in [0.2, 0.25) is 0 Å². The Balaban J connectivity index is 0.00000169. The van der Waals surface area contributed by atoms with Gasteiger partial charge in [0.2, 0.25) is 0 Å². The van der Waals surface area contributed by atoms with Gasteiger partial charge in [-0.3, -0.25) is 0 Å². The summed E-state index contributed by atoms with van der Waals surface area (Å²) in [6.45, 7) is 8.36. The molecule has 0 spiro atoms. The van der Waals surface area contributed by atoms with Crippen LogP contribution < -0.4 is 5.73 Å². The van der Waals surface area contributed by atoms with Crippen LogP contribution in [0.3, 0.4) is 0 Å². The molecule has 1 atom stereocenters. The van der Waals surface area contributed by atoms with Crippen LogP contribution in [0.4, 0.5) is 0 Å². The first kappa shape index (κ1) is 13.5. The van der Waals surface area contributed by atoms with Gasteiger partial charge in [0, 0.05) is 0 Å². The molecule has 2 nitrogen and oxygen atoms in total. The van der Waals surface area contributed by atoms with Gasteiger partial charge in [-0.15, -0.1) is 12.4 Å². The van der Waals surface area contributed by atoms with Crippen LogP contribution in [-0.2, 0) is 0 Å². The van der Waals surface area contributed by atoms with E-state index in [9.17, 15) is 0 Å². The van der Waals surface area contributed by atoms with E-state index in [0.29, 0.717) is 5.92 Å². The second-order valence-corrected chi connectivity index (χ2v) is 4.12. The van der Waals surface area contributed by atoms with Crippen LogP contribution in [0.1, 0.15) is 43.4 Å². The maximum Gasteiger partial charge on any atom is 0.121 e. The van der Waals surface area contributed by atoms with E-state index >= 15 is 0 Å². The van der Waals surface area contributed by atoms with Gasteiger partial charge in [0.25, 0.3) is 0 Å². The van der Waals surface area contributed by atoms with E-state index in [1.54, 1.807) is 0 Å². The van der Waals surface area contributed by atoms with Crippen LogP contribution in [0.25, 0.3) is 0 Å². The highest BCUT2D eigenvalue weighted by Gasteiger charge is 2.13. The third-order valence-electron chi connectivity index (χ3n) is 2.28. The number of hydrogen-bond acceptors (Lipinski definition) is 2. The van der Waals surface area contributed by atoms with Crippen molar-refractivity contribution in [2.75, 3.05) is 0 Å². The number of halogens is 1. The summed E-state index contributed by atoms with van der Waals surface area (Å²) in [5, 5.41) is 0. The van der Waals surface area contributed by atoms with E-state index in [-0.39, 0.29) is 18.4 Å². The maximum absolute atomic E-state index is 5.98. The molecule has 2 N–H and O–H groups in total. The van der Waals surface area contributed by atoms with Crippen LogP contribution >= 0.6 is 12.4 Å². The van der Waals surface area contributed by atoms with Crippen molar-refractivity contribution in [1.82, 2.24) is 0 Å². The highest BCUT2D eigenvalue weighted by atomic mass is 35.5. The molecule has 1 aromatic rings. The Kier molecular flexibility index (Phi) is 5.24. The predicted molar refractivity (Wildman–Crippen MR) is 61.8 cm³/mol. The fourth-order valence-electron chi connectivity index (χ4n) is 1.41. The molecular weight excluding hydrogens is 198 g/mol. The minimum absolute atomic E-state index is 0. The standard InChI is InChI=1S/C11H19NO.ClH/c1-7(2)5-10(12)11-6-8(3)9(4)13-11;/h6-7,10H,5,12H2,1-4H3;1H/t10-;/m1./s1. The fourth-order valence-corrected chi connectivity index (χ4v) is 1.41. The molecule has 0 saturated heterocycles. The number of hydrogen-bond donors (Lipinski definition) is 1. The lowest BCUT2D eigenvalue weighted by Gasteiger charge is -2.10. The highest BCUT2D eigenvalue weighted by molar-refractivity contribution is 5.85. The number of rotatable bonds is 3. The monoisotopic (exact) mass is 217 g/mol. The molecule has 1 rings (SSSR count). The van der Waals surface area contributed by atoms with Crippen molar-refractivity contribution >= 4 is 12.4 Å². The number of aryl methyl sites for hydroxylation is 2. The molecule has 0 aromatic carbocycles. The zero-order valence-corrected chi connectivity index (χ0v) is 10.1. The molecule has 82 valence electrons. The van der Waals surface area contributed by atoms with Gasteiger partial charge in [0.05, 0.1) is 6.04 Å². The predicted octanol–water partition coefficient (Wildman–Crippen LogP) is 3.36. The zero-order valence-electron chi connectivity index (χ0n) is 9.33. The van der Waals surface area contributed by atoms with Crippen molar-refractivity contribution in [3.05, 3.63) is 23.2 Å². The lowest BCUT2D eigenvalue weighted by atomic mass is 10.0. The maximum atomic E-state index is 5.98. The molecule has 1 aromatic heterocycles. The summed E-state index contributed by atoms with van der Waals surface area (Å²) in [6, 6.07) is 2.09. The summed E-state index contributed by atoms with van der Waals surface area (Å²) in [5.41, 5.74) is 7.17. The molecule has 3 heteroatoms. The lowest BCUT2D eigenvalue weighted by molar-refractivity contribution is 0.404. The number of nitrogens with two attached hydrogens (primary N) is 1. The molecule has 0 amide bonds. The van der Waals surface area contributed by atoms with E-state index in [4.69, 9.17) is 10.2 Å². The van der Waals surface area contributed by atoms with Gasteiger partial charge >= 0.3 is 0 Å². The van der Waals surface area contributed by atoms with E-state index in [0.717, 1.165) is 17.9 Å². The smallest absolute Gasteiger partial charge is 0.121 e. The van der Waals surface area contributed by atoms with E-state index in [1.807, 2.05) is 19.9 Å². The van der Waals surface area contributed by atoms with E-state index in [1.165, 1.54) is 5.56 Å². The van der Waals surface area contributed by atoms with Gasteiger partial charge in [-0.05, 0) is 37.8 Å². The van der Waals surface area contributed by atoms with Crippen LogP contribution in [0.15, 0.2) is 10.5 Å². The summed E-state index contributed by atoms with van der Waals surface area (Å²) < 4.78 is 5.55. The summed E-state index contributed by atoms with van der Waals surface area (Å²) >= 11 is 0. The van der Waals surface area contributed by atoms with Crippen LogP contribution in [-0.4, -0.2) is 0 Å². The Labute approximate surface area is 92.3 Å². The van der Waals surface area contributed by atoms with Crippen LogP contribution in [0.5, 0.6) is 0 Å². The van der Waals surface area contributed by atoms with Crippen molar-refractivity contribution in [3.63, 3.8) is 0 Å². The quantitative estimate of drug-likeness (QED) is 0.843. The van der Waals surface area contributed by atoms with Gasteiger partial charge in [0.1, 0.15) is 11.5 Å². The molecular formula is C11H20ClNO. The van der Waals surface area contributed by atoms with Gasteiger partial charge in [0.15, 0.2) is 0 Å². The second-order valence-electron chi connectivity index (χ2n) is 4.12. The Morgan fingerprint density at radius 2 is 1.93 bits per heavy atom. The molecule has 0 saturated carbocycles. The number of furan rings is 1. The van der Waals surface area contributed by atoms with Crippen molar-refractivity contribution in [1.29, 1.82) is 0 Å². The minimum atomic E-state index is 0. The van der Waals surface area contributed by atoms with Crippen molar-refractivity contribution in [3.8, 4) is 0 Å². The molecule has 0 fully saturated rings. The third kappa shape index (κ3) is 3.35. The van der Waals surface area contributed by atoms with E-state index < -0.39 is 0 Å². The summed E-state index contributed by atoms with van der Waals surface area (Å²) in [4.78, 5) is 0. The Morgan fingerprint density at radius 1 is 1.36 bits per heavy atom. The summed E-state index contributed by atoms with van der Waals surface area (Å²) in [5.74, 6) is 2.51. The second kappa shape index (κ2) is 5.42. The first-order chi connectivity index (χ1) is 6.00. The third-order valence-corrected chi connectivity index (χ3v) is 2.28. The minimum Gasteiger partial charge on any atom is -0.464 e. The Morgan fingerprint density at radius 3 is 2.29 bits per heavy atom. The first-order valence-corrected chi connectivity index (χ1v) is 4.83. The SMILES string of the molecule is Cc1cc([C@H](N)CC(C)C)oc1C.Cl. The first-order valence-electron chi connectivity index (χ1n) is 4.83. The zero-order chi connectivity index (χ0) is 10.0. The molecule has 0 radical (unpaired) electrons. The molecule has 0 aliphatic heterocycles. The van der Waals surface area contributed by atoms with Gasteiger partial charge < -0.3 is 10.2 Å². The molecule has 0 unspecified atom stereocenters. The van der Waals surface area contributed by atoms with E-state index in [2.05, 4.69) is 13.8 Å². The van der Waals surface area contributed by atoms with Crippen molar-refractivity contribution in [2.45, 2.75) is 40.2 Å². The largest absolute Gasteiger partial charge is 0.464 e. The van der Waals surface area contributed by atoms with Gasteiger partial charge in [-0.2, -0.15) is 0 Å². The van der Waals surface area contributed by atoms with Crippen molar-refractivity contribution < 1.29 is 4.42 Å². The fraction of sp³-hybridized carbons (Fsp3) is 0.636. The highest BCUT2D eigenvalue weighted by Crippen LogP contribution is 2.23. The average Bonchev–Trinajstić information content (AvgIpc) is 2.31. The Bertz CT molecular complexity index is 261. The molecule has 1 heterocycles. The molecule has 0 aliphatic carbocycles. The van der Waals surface area contributed by atoms with Crippen LogP contribution in [0, 0.1) is 19.8 Å². The lowest BCUT2D eigenvalue weighted by Crippen LogP contribution is -2.11. The van der Waals surface area contributed by atoms with Crippen molar-refractivity contribution in [2.24, 2.45) is 11.7 Å². The van der Waals surface area contributed by atoms with Gasteiger partial charge in [-0.25, -0.2) is 0 Å². The molecule has 0 bridgehead atoms. The molecule has 0 aliphatic rings. The Hall–Kier alpha value is -0.470.